The highest BCUT2D eigenvalue weighted by atomic mass is 35.5. The second-order valence-electron chi connectivity index (χ2n) is 9.61. The van der Waals surface area contributed by atoms with Gasteiger partial charge in [0.15, 0.2) is 0 Å². The third kappa shape index (κ3) is 7.27. The fraction of sp³-hybridized carbons (Fsp3) is 0.760. The number of halogens is 2. The van der Waals surface area contributed by atoms with Gasteiger partial charge in [-0.3, -0.25) is 0 Å². The van der Waals surface area contributed by atoms with Crippen molar-refractivity contribution in [1.29, 1.82) is 0 Å². The molecule has 29 heavy (non-hydrogen) atoms. The van der Waals surface area contributed by atoms with Gasteiger partial charge in [0.05, 0.1) is 0 Å². The summed E-state index contributed by atoms with van der Waals surface area (Å²) in [6, 6.07) is 10.6. The molecule has 1 saturated heterocycles. The second-order valence-corrected chi connectivity index (χ2v) is 13.5. The summed E-state index contributed by atoms with van der Waals surface area (Å²) in [7, 11) is -0.310. The van der Waals surface area contributed by atoms with Crippen molar-refractivity contribution in [3.63, 3.8) is 0 Å². The molecule has 1 aromatic rings. The first-order valence-corrected chi connectivity index (χ1v) is 15.0. The quantitative estimate of drug-likeness (QED) is 0.262. The van der Waals surface area contributed by atoms with Crippen LogP contribution in [0.3, 0.4) is 0 Å². The molecule has 2 aliphatic rings. The standard InChI is InChI=1S/C25H40ClFOSi/c1-2-15-29-16-13-21(14-17-29)6-4-3-5-20-7-9-22(10-8-20)24-12-11-23(26)18-25(24)28-19-27/h11-12,18,20-22,29H,2-10,13-17,19H2,1H3/t20-,21-,22-,29-. The minimum absolute atomic E-state index is 0.310. The average Bonchev–Trinajstić information content (AvgIpc) is 2.74. The average molecular weight is 439 g/mol. The first kappa shape index (κ1) is 23.1. The summed E-state index contributed by atoms with van der Waals surface area (Å²) in [5, 5.41) is 0.618. The van der Waals surface area contributed by atoms with E-state index in [0.717, 1.165) is 17.4 Å². The molecule has 1 heterocycles. The van der Waals surface area contributed by atoms with Crippen LogP contribution in [0.5, 0.6) is 5.75 Å². The summed E-state index contributed by atoms with van der Waals surface area (Å²) >= 11 is 6.06. The predicted molar refractivity (Wildman–Crippen MR) is 126 cm³/mol. The normalized spacial score (nSPS) is 27.7. The molecule has 0 atom stereocenters. The summed E-state index contributed by atoms with van der Waals surface area (Å²) in [5.41, 5.74) is 1.15. The molecule has 1 nitrogen and oxygen atoms in total. The Balaban J connectivity index is 1.33. The SMILES string of the molecule is CCC[Si@H]1CC[C@H](CCCC[C@H]2CC[C@H](c3ccc(Cl)cc3OCF)CC2)CC1. The van der Waals surface area contributed by atoms with Crippen molar-refractivity contribution in [2.24, 2.45) is 11.8 Å². The Morgan fingerprint density at radius 1 is 1.00 bits per heavy atom. The van der Waals surface area contributed by atoms with E-state index in [9.17, 15) is 4.39 Å². The van der Waals surface area contributed by atoms with Crippen molar-refractivity contribution < 1.29 is 9.13 Å². The Hall–Kier alpha value is -0.543. The van der Waals surface area contributed by atoms with Crippen molar-refractivity contribution >= 4 is 20.4 Å². The molecule has 1 aliphatic heterocycles. The minimum atomic E-state index is -0.787. The fourth-order valence-electron chi connectivity index (χ4n) is 5.87. The fourth-order valence-corrected chi connectivity index (χ4v) is 9.60. The Morgan fingerprint density at radius 2 is 1.66 bits per heavy atom. The maximum Gasteiger partial charge on any atom is 0.228 e. The van der Waals surface area contributed by atoms with E-state index >= 15 is 0 Å². The molecule has 2 fully saturated rings. The second kappa shape index (κ2) is 12.3. The lowest BCUT2D eigenvalue weighted by Gasteiger charge is -2.30. The molecule has 0 N–H and O–H groups in total. The predicted octanol–water partition coefficient (Wildman–Crippen LogP) is 8.53. The lowest BCUT2D eigenvalue weighted by Crippen LogP contribution is -2.21. The summed E-state index contributed by atoms with van der Waals surface area (Å²) in [6.07, 6.45) is 15.3. The van der Waals surface area contributed by atoms with Gasteiger partial charge in [-0.25, -0.2) is 4.39 Å². The molecule has 1 aliphatic carbocycles. The van der Waals surface area contributed by atoms with E-state index in [-0.39, 0.29) is 8.80 Å². The van der Waals surface area contributed by atoms with E-state index in [1.807, 2.05) is 12.1 Å². The summed E-state index contributed by atoms with van der Waals surface area (Å²) in [6.45, 7) is 1.57. The van der Waals surface area contributed by atoms with Gasteiger partial charge in [-0.15, -0.1) is 0 Å². The Bertz CT molecular complexity index is 594. The van der Waals surface area contributed by atoms with Gasteiger partial charge < -0.3 is 4.74 Å². The van der Waals surface area contributed by atoms with Gasteiger partial charge >= 0.3 is 0 Å². The zero-order chi connectivity index (χ0) is 20.5. The smallest absolute Gasteiger partial charge is 0.228 e. The first-order valence-electron chi connectivity index (χ1n) is 12.2. The molecule has 0 spiro atoms. The zero-order valence-electron chi connectivity index (χ0n) is 18.3. The van der Waals surface area contributed by atoms with Gasteiger partial charge in [-0.05, 0) is 61.1 Å². The Kier molecular flexibility index (Phi) is 9.84. The third-order valence-corrected chi connectivity index (χ3v) is 11.5. The summed E-state index contributed by atoms with van der Waals surface area (Å²) in [5.74, 6) is 3.06. The Labute approximate surface area is 184 Å². The summed E-state index contributed by atoms with van der Waals surface area (Å²) < 4.78 is 17.9. The highest BCUT2D eigenvalue weighted by molar-refractivity contribution is 6.58. The van der Waals surface area contributed by atoms with Gasteiger partial charge in [-0.1, -0.05) is 87.7 Å². The van der Waals surface area contributed by atoms with Gasteiger partial charge in [-0.2, -0.15) is 0 Å². The van der Waals surface area contributed by atoms with Crippen LogP contribution in [0.2, 0.25) is 23.2 Å². The molecule has 0 amide bonds. The maximum atomic E-state index is 12.7. The summed E-state index contributed by atoms with van der Waals surface area (Å²) in [4.78, 5) is 0. The van der Waals surface area contributed by atoms with Gasteiger partial charge in [0, 0.05) is 13.8 Å². The van der Waals surface area contributed by atoms with E-state index in [2.05, 4.69) is 6.92 Å². The van der Waals surface area contributed by atoms with Crippen molar-refractivity contribution in [2.45, 2.75) is 102 Å². The number of benzene rings is 1. The molecule has 0 radical (unpaired) electrons. The number of alkyl halides is 1. The highest BCUT2D eigenvalue weighted by Gasteiger charge is 2.25. The van der Waals surface area contributed by atoms with Crippen LogP contribution < -0.4 is 4.74 Å². The molecular weight excluding hydrogens is 399 g/mol. The first-order chi connectivity index (χ1) is 14.2. The molecule has 0 aromatic heterocycles. The van der Waals surface area contributed by atoms with Crippen LogP contribution in [-0.4, -0.2) is 15.7 Å². The van der Waals surface area contributed by atoms with E-state index in [4.69, 9.17) is 16.3 Å². The van der Waals surface area contributed by atoms with Crippen molar-refractivity contribution in [3.8, 4) is 5.75 Å². The van der Waals surface area contributed by atoms with Crippen LogP contribution in [0.4, 0.5) is 4.39 Å². The molecular formula is C25H40ClFOSi. The number of hydrogen-bond acceptors (Lipinski definition) is 1. The molecule has 1 aromatic carbocycles. The number of rotatable bonds is 10. The van der Waals surface area contributed by atoms with Crippen molar-refractivity contribution in [3.05, 3.63) is 28.8 Å². The van der Waals surface area contributed by atoms with Crippen LogP contribution in [0.15, 0.2) is 18.2 Å². The van der Waals surface area contributed by atoms with Crippen molar-refractivity contribution in [1.82, 2.24) is 0 Å². The van der Waals surface area contributed by atoms with Crippen LogP contribution in [0.1, 0.15) is 89.0 Å². The number of ether oxygens (including phenoxy) is 1. The highest BCUT2D eigenvalue weighted by Crippen LogP contribution is 2.42. The zero-order valence-corrected chi connectivity index (χ0v) is 20.2. The molecule has 3 rings (SSSR count). The molecule has 0 bridgehead atoms. The van der Waals surface area contributed by atoms with Crippen LogP contribution >= 0.6 is 11.6 Å². The van der Waals surface area contributed by atoms with Crippen LogP contribution in [0, 0.1) is 11.8 Å². The maximum absolute atomic E-state index is 12.7. The largest absolute Gasteiger partial charge is 0.463 e. The van der Waals surface area contributed by atoms with Crippen LogP contribution in [-0.2, 0) is 0 Å². The number of unbranched alkanes of at least 4 members (excludes halogenated alkanes) is 1. The van der Waals surface area contributed by atoms with E-state index in [0.29, 0.717) is 16.7 Å². The molecule has 4 heteroatoms. The van der Waals surface area contributed by atoms with Crippen molar-refractivity contribution in [2.75, 3.05) is 6.86 Å². The third-order valence-electron chi connectivity index (χ3n) is 7.61. The van der Waals surface area contributed by atoms with Gasteiger partial charge in [0.1, 0.15) is 5.75 Å². The van der Waals surface area contributed by atoms with E-state index in [1.165, 1.54) is 57.8 Å². The van der Waals surface area contributed by atoms with Gasteiger partial charge in [0.25, 0.3) is 0 Å². The lowest BCUT2D eigenvalue weighted by atomic mass is 9.76. The van der Waals surface area contributed by atoms with E-state index < -0.39 is 6.86 Å². The van der Waals surface area contributed by atoms with Crippen LogP contribution in [0.25, 0.3) is 0 Å². The molecule has 1 saturated carbocycles. The number of hydrogen-bond donors (Lipinski definition) is 0. The minimum Gasteiger partial charge on any atom is -0.463 e. The molecule has 164 valence electrons. The van der Waals surface area contributed by atoms with Gasteiger partial charge in [0.2, 0.25) is 6.86 Å². The monoisotopic (exact) mass is 438 g/mol. The van der Waals surface area contributed by atoms with E-state index in [1.54, 1.807) is 37.0 Å². The molecule has 0 unspecified atom stereocenters. The Morgan fingerprint density at radius 3 is 2.28 bits per heavy atom. The lowest BCUT2D eigenvalue weighted by molar-refractivity contribution is 0.187. The topological polar surface area (TPSA) is 9.23 Å².